The second-order valence-electron chi connectivity index (χ2n) is 4.82. The van der Waals surface area contributed by atoms with E-state index in [-0.39, 0.29) is 16.9 Å². The average Bonchev–Trinajstić information content (AvgIpc) is 2.76. The zero-order chi connectivity index (χ0) is 16.7. The monoisotopic (exact) mass is 377 g/mol. The molecule has 1 aromatic heterocycles. The number of nitrogens with zero attached hydrogens (tertiary/aromatic N) is 1. The first-order valence-corrected chi connectivity index (χ1v) is 7.57. The number of aromatic nitrogens is 1. The van der Waals surface area contributed by atoms with Gasteiger partial charge in [0.2, 0.25) is 0 Å². The van der Waals surface area contributed by atoms with Crippen LogP contribution in [0.4, 0.5) is 5.82 Å². The molecule has 3 N–H and O–H groups in total. The molecule has 1 aromatic carbocycles. The highest BCUT2D eigenvalue weighted by atomic mass is 79.9. The third kappa shape index (κ3) is 2.40. The Morgan fingerprint density at radius 2 is 1.96 bits per heavy atom. The van der Waals surface area contributed by atoms with Gasteiger partial charge in [-0.3, -0.25) is 24.3 Å². The maximum Gasteiger partial charge on any atom is 0.262 e. The molecule has 0 fully saturated rings. The molecule has 2 amide bonds. The molecule has 0 bridgehead atoms. The van der Waals surface area contributed by atoms with E-state index in [9.17, 15) is 14.4 Å². The number of halogens is 1. The first kappa shape index (κ1) is 15.3. The van der Waals surface area contributed by atoms with Crippen molar-refractivity contribution >= 4 is 33.6 Å². The Kier molecular flexibility index (Phi) is 3.69. The van der Waals surface area contributed by atoms with Crippen LogP contribution in [-0.2, 0) is 0 Å². The summed E-state index contributed by atoms with van der Waals surface area (Å²) in [5, 5.41) is 2.13. The lowest BCUT2D eigenvalue weighted by atomic mass is 10.1. The highest BCUT2D eigenvalue weighted by Crippen LogP contribution is 2.30. The predicted molar refractivity (Wildman–Crippen MR) is 87.1 cm³/mol. The Hall–Kier alpha value is -2.61. The van der Waals surface area contributed by atoms with Crippen LogP contribution in [-0.4, -0.2) is 23.0 Å². The van der Waals surface area contributed by atoms with Crippen molar-refractivity contribution in [2.45, 2.75) is 6.92 Å². The number of nitrogens with one attached hydrogen (secondary N) is 1. The van der Waals surface area contributed by atoms with Crippen LogP contribution in [0.1, 0.15) is 27.6 Å². The van der Waals surface area contributed by atoms with Crippen molar-refractivity contribution in [3.05, 3.63) is 50.2 Å². The maximum absolute atomic E-state index is 12.4. The third-order valence-corrected chi connectivity index (χ3v) is 3.91. The highest BCUT2D eigenvalue weighted by molar-refractivity contribution is 9.10. The number of rotatable bonds is 3. The van der Waals surface area contributed by atoms with Crippen LogP contribution < -0.4 is 21.3 Å². The van der Waals surface area contributed by atoms with Crippen molar-refractivity contribution < 1.29 is 14.3 Å². The molecular formula is C15H12BrN3O4. The number of carbonyl (C=O) groups is 2. The number of anilines is 1. The van der Waals surface area contributed by atoms with E-state index >= 15 is 0 Å². The molecular weight excluding hydrogens is 366 g/mol. The normalized spacial score (nSPS) is 13.0. The summed E-state index contributed by atoms with van der Waals surface area (Å²) in [5.74, 6) is -0.910. The van der Waals surface area contributed by atoms with Gasteiger partial charge in [-0.15, -0.1) is 0 Å². The summed E-state index contributed by atoms with van der Waals surface area (Å²) < 4.78 is 7.47. The Morgan fingerprint density at radius 3 is 2.65 bits per heavy atom. The van der Waals surface area contributed by atoms with Crippen molar-refractivity contribution in [2.75, 3.05) is 12.3 Å². The lowest BCUT2D eigenvalue weighted by Gasteiger charge is -2.16. The second-order valence-corrected chi connectivity index (χ2v) is 5.74. The summed E-state index contributed by atoms with van der Waals surface area (Å²) in [6.45, 7) is 2.20. The zero-order valence-electron chi connectivity index (χ0n) is 12.1. The van der Waals surface area contributed by atoms with Crippen LogP contribution in [0.2, 0.25) is 0 Å². The molecule has 0 radical (unpaired) electrons. The van der Waals surface area contributed by atoms with Gasteiger partial charge in [-0.2, -0.15) is 0 Å². The van der Waals surface area contributed by atoms with E-state index in [1.165, 1.54) is 0 Å². The lowest BCUT2D eigenvalue weighted by molar-refractivity contribution is 0.0880. The smallest absolute Gasteiger partial charge is 0.262 e. The van der Waals surface area contributed by atoms with E-state index in [1.807, 2.05) is 6.92 Å². The molecule has 0 aliphatic carbocycles. The van der Waals surface area contributed by atoms with Gasteiger partial charge in [-0.25, -0.2) is 0 Å². The Labute approximate surface area is 139 Å². The summed E-state index contributed by atoms with van der Waals surface area (Å²) in [4.78, 5) is 36.0. The highest BCUT2D eigenvalue weighted by Gasteiger charge is 2.32. The van der Waals surface area contributed by atoms with Gasteiger partial charge in [-0.05, 0) is 25.1 Å². The topological polar surface area (TPSA) is 103 Å². The van der Waals surface area contributed by atoms with Crippen LogP contribution in [0.5, 0.6) is 5.75 Å². The largest absolute Gasteiger partial charge is 0.492 e. The van der Waals surface area contributed by atoms with Gasteiger partial charge < -0.3 is 10.5 Å². The van der Waals surface area contributed by atoms with Gasteiger partial charge in [0.05, 0.1) is 23.4 Å². The number of amides is 2. The molecule has 118 valence electrons. The molecule has 1 aliphatic heterocycles. The van der Waals surface area contributed by atoms with Crippen LogP contribution in [0, 0.1) is 0 Å². The number of ether oxygens (including phenoxy) is 1. The average molecular weight is 378 g/mol. The summed E-state index contributed by atoms with van der Waals surface area (Å²) in [7, 11) is 0. The molecule has 0 saturated heterocycles. The van der Waals surface area contributed by atoms with E-state index in [2.05, 4.69) is 21.2 Å². The van der Waals surface area contributed by atoms with Gasteiger partial charge in [0.25, 0.3) is 17.4 Å². The predicted octanol–water partition coefficient (Wildman–Crippen LogP) is 1.46. The SMILES string of the molecule is CCOc1cc(Br)ccc1-n1c(N)c2c(cc1=O)C(=O)NC2=O. The summed E-state index contributed by atoms with van der Waals surface area (Å²) in [5.41, 5.74) is 5.87. The quantitative estimate of drug-likeness (QED) is 0.788. The van der Waals surface area contributed by atoms with E-state index in [0.717, 1.165) is 15.1 Å². The van der Waals surface area contributed by atoms with Gasteiger partial charge >= 0.3 is 0 Å². The zero-order valence-corrected chi connectivity index (χ0v) is 13.6. The van der Waals surface area contributed by atoms with Crippen molar-refractivity contribution in [3.8, 4) is 11.4 Å². The number of fused-ring (bicyclic) bond motifs is 1. The number of carbonyl (C=O) groups excluding carboxylic acids is 2. The maximum atomic E-state index is 12.4. The van der Waals surface area contributed by atoms with E-state index in [4.69, 9.17) is 10.5 Å². The Balaban J connectivity index is 2.31. The van der Waals surface area contributed by atoms with Gasteiger partial charge in [0.1, 0.15) is 11.6 Å². The molecule has 2 heterocycles. The van der Waals surface area contributed by atoms with Gasteiger partial charge in [0, 0.05) is 10.5 Å². The van der Waals surface area contributed by atoms with Crippen LogP contribution in [0.15, 0.2) is 33.5 Å². The minimum Gasteiger partial charge on any atom is -0.492 e. The molecule has 0 unspecified atom stereocenters. The molecule has 1 aliphatic rings. The number of hydrogen-bond donors (Lipinski definition) is 2. The van der Waals surface area contributed by atoms with Crippen LogP contribution in [0.3, 0.4) is 0 Å². The summed E-state index contributed by atoms with van der Waals surface area (Å²) in [6, 6.07) is 6.17. The molecule has 0 atom stereocenters. The fourth-order valence-corrected chi connectivity index (χ4v) is 2.81. The molecule has 0 spiro atoms. The fourth-order valence-electron chi connectivity index (χ4n) is 2.47. The minimum absolute atomic E-state index is 0.0000304. The minimum atomic E-state index is -0.623. The van der Waals surface area contributed by atoms with Gasteiger partial charge in [0.15, 0.2) is 0 Å². The van der Waals surface area contributed by atoms with Crippen molar-refractivity contribution in [1.82, 2.24) is 9.88 Å². The number of pyridine rings is 1. The standard InChI is InChI=1S/C15H12BrN3O4/c1-2-23-10-5-7(16)3-4-9(10)19-11(20)6-8-12(13(19)17)15(22)18-14(8)21/h3-6H,2,17H2,1H3,(H,18,21,22). The van der Waals surface area contributed by atoms with E-state index in [1.54, 1.807) is 18.2 Å². The molecule has 23 heavy (non-hydrogen) atoms. The number of hydrogen-bond acceptors (Lipinski definition) is 5. The van der Waals surface area contributed by atoms with Crippen molar-refractivity contribution in [1.29, 1.82) is 0 Å². The molecule has 8 heteroatoms. The second kappa shape index (κ2) is 5.54. The molecule has 7 nitrogen and oxygen atoms in total. The number of benzene rings is 1. The number of nitrogen functional groups attached to an aromatic ring is 1. The summed E-state index contributed by atoms with van der Waals surface area (Å²) >= 11 is 3.34. The number of nitrogens with two attached hydrogens (primary N) is 1. The first-order valence-electron chi connectivity index (χ1n) is 6.78. The number of imide groups is 1. The lowest BCUT2D eigenvalue weighted by Crippen LogP contribution is -2.24. The van der Waals surface area contributed by atoms with E-state index in [0.29, 0.717) is 18.0 Å². The Bertz CT molecular complexity index is 904. The Morgan fingerprint density at radius 1 is 1.22 bits per heavy atom. The van der Waals surface area contributed by atoms with Gasteiger partial charge in [-0.1, -0.05) is 15.9 Å². The molecule has 3 rings (SSSR count). The fraction of sp³-hybridized carbons (Fsp3) is 0.133. The van der Waals surface area contributed by atoms with E-state index < -0.39 is 17.4 Å². The van der Waals surface area contributed by atoms with Crippen molar-refractivity contribution in [2.24, 2.45) is 0 Å². The molecule has 2 aromatic rings. The third-order valence-electron chi connectivity index (χ3n) is 3.42. The molecule has 0 saturated carbocycles. The van der Waals surface area contributed by atoms with Crippen molar-refractivity contribution in [3.63, 3.8) is 0 Å². The summed E-state index contributed by atoms with van der Waals surface area (Å²) in [6.07, 6.45) is 0. The first-order chi connectivity index (χ1) is 10.9. The van der Waals surface area contributed by atoms with Crippen LogP contribution in [0.25, 0.3) is 5.69 Å². The van der Waals surface area contributed by atoms with Crippen LogP contribution >= 0.6 is 15.9 Å².